The quantitative estimate of drug-likeness (QED) is 0.492. The highest BCUT2D eigenvalue weighted by atomic mass is 16.2. The minimum atomic E-state index is -0.592. The molecular weight excluding hydrogens is 276 g/mol. The molecule has 0 unspecified atom stereocenters. The molecule has 0 N–H and O–H groups in total. The summed E-state index contributed by atoms with van der Waals surface area (Å²) in [6.45, 7) is 7.33. The molecule has 0 amide bonds. The SMILES string of the molecule is Cc1ccc(C(=O)c2ccc(C)c(C(=O)C=O)c2C)c(C)c1. The summed E-state index contributed by atoms with van der Waals surface area (Å²) in [7, 11) is 0. The topological polar surface area (TPSA) is 51.2 Å². The van der Waals surface area contributed by atoms with E-state index >= 15 is 0 Å². The van der Waals surface area contributed by atoms with Gasteiger partial charge in [0.15, 0.2) is 12.1 Å². The van der Waals surface area contributed by atoms with E-state index in [1.165, 1.54) is 0 Å². The number of aryl methyl sites for hydroxylation is 3. The van der Waals surface area contributed by atoms with Crippen LogP contribution in [0.4, 0.5) is 0 Å². The van der Waals surface area contributed by atoms with E-state index in [1.807, 2.05) is 26.0 Å². The molecule has 2 rings (SSSR count). The van der Waals surface area contributed by atoms with Gasteiger partial charge in [-0.25, -0.2) is 0 Å². The lowest BCUT2D eigenvalue weighted by atomic mass is 9.89. The highest BCUT2D eigenvalue weighted by molar-refractivity contribution is 6.34. The highest BCUT2D eigenvalue weighted by Gasteiger charge is 2.20. The Morgan fingerprint density at radius 1 is 0.864 bits per heavy atom. The summed E-state index contributed by atoms with van der Waals surface area (Å²) in [5.74, 6) is -0.722. The van der Waals surface area contributed by atoms with Crippen molar-refractivity contribution in [2.75, 3.05) is 0 Å². The molecule has 22 heavy (non-hydrogen) atoms. The Hall–Kier alpha value is -2.55. The molecule has 112 valence electrons. The third-order valence-corrected chi connectivity index (χ3v) is 3.90. The zero-order chi connectivity index (χ0) is 16.4. The van der Waals surface area contributed by atoms with Crippen molar-refractivity contribution in [2.45, 2.75) is 27.7 Å². The lowest BCUT2D eigenvalue weighted by Gasteiger charge is -2.12. The number of hydrogen-bond acceptors (Lipinski definition) is 3. The van der Waals surface area contributed by atoms with Gasteiger partial charge in [0.25, 0.3) is 0 Å². The van der Waals surface area contributed by atoms with Crippen LogP contribution in [-0.4, -0.2) is 17.9 Å². The van der Waals surface area contributed by atoms with Crippen molar-refractivity contribution < 1.29 is 14.4 Å². The summed E-state index contributed by atoms with van der Waals surface area (Å²) in [5, 5.41) is 0. The van der Waals surface area contributed by atoms with Gasteiger partial charge < -0.3 is 0 Å². The summed E-state index contributed by atoms with van der Waals surface area (Å²) < 4.78 is 0. The Kier molecular flexibility index (Phi) is 4.36. The van der Waals surface area contributed by atoms with Crippen LogP contribution in [-0.2, 0) is 4.79 Å². The summed E-state index contributed by atoms with van der Waals surface area (Å²) >= 11 is 0. The molecule has 0 aromatic heterocycles. The zero-order valence-electron chi connectivity index (χ0n) is 13.2. The van der Waals surface area contributed by atoms with E-state index < -0.39 is 5.78 Å². The lowest BCUT2D eigenvalue weighted by Crippen LogP contribution is -2.12. The van der Waals surface area contributed by atoms with Crippen LogP contribution in [0.25, 0.3) is 0 Å². The number of rotatable bonds is 4. The van der Waals surface area contributed by atoms with Gasteiger partial charge >= 0.3 is 0 Å². The lowest BCUT2D eigenvalue weighted by molar-refractivity contribution is -0.104. The Morgan fingerprint density at radius 2 is 1.50 bits per heavy atom. The molecule has 0 heterocycles. The minimum absolute atomic E-state index is 0.130. The van der Waals surface area contributed by atoms with Crippen LogP contribution < -0.4 is 0 Å². The first-order valence-corrected chi connectivity index (χ1v) is 7.08. The average Bonchev–Trinajstić information content (AvgIpc) is 2.46. The number of carbonyl (C=O) groups is 3. The Bertz CT molecular complexity index is 786. The van der Waals surface area contributed by atoms with Gasteiger partial charge in [0, 0.05) is 16.7 Å². The van der Waals surface area contributed by atoms with Gasteiger partial charge in [-0.1, -0.05) is 35.9 Å². The second-order valence-electron chi connectivity index (χ2n) is 5.56. The molecular formula is C19H18O3. The van der Waals surface area contributed by atoms with Crippen molar-refractivity contribution in [3.8, 4) is 0 Å². The Morgan fingerprint density at radius 3 is 2.09 bits per heavy atom. The molecule has 2 aromatic carbocycles. The number of ketones is 2. The maximum absolute atomic E-state index is 12.8. The predicted octanol–water partition coefficient (Wildman–Crippen LogP) is 3.53. The van der Waals surface area contributed by atoms with Crippen LogP contribution in [0.3, 0.4) is 0 Å². The second kappa shape index (κ2) is 6.06. The van der Waals surface area contributed by atoms with Crippen LogP contribution in [0.15, 0.2) is 30.3 Å². The van der Waals surface area contributed by atoms with Crippen molar-refractivity contribution >= 4 is 17.9 Å². The summed E-state index contributed by atoms with van der Waals surface area (Å²) in [6.07, 6.45) is 0.292. The van der Waals surface area contributed by atoms with Crippen molar-refractivity contribution in [3.63, 3.8) is 0 Å². The van der Waals surface area contributed by atoms with Gasteiger partial charge in [0.1, 0.15) is 0 Å². The number of Topliss-reactive ketones (excluding diaryl/α,β-unsaturated/α-hetero) is 1. The van der Waals surface area contributed by atoms with Gasteiger partial charge in [-0.2, -0.15) is 0 Å². The van der Waals surface area contributed by atoms with Gasteiger partial charge in [0.2, 0.25) is 5.78 Å². The first-order chi connectivity index (χ1) is 10.4. The molecule has 0 bridgehead atoms. The zero-order valence-corrected chi connectivity index (χ0v) is 13.2. The first-order valence-electron chi connectivity index (χ1n) is 7.08. The van der Waals surface area contributed by atoms with E-state index in [1.54, 1.807) is 32.0 Å². The highest BCUT2D eigenvalue weighted by Crippen LogP contribution is 2.23. The Balaban J connectivity index is 2.60. The van der Waals surface area contributed by atoms with E-state index in [0.717, 1.165) is 11.1 Å². The number of benzene rings is 2. The minimum Gasteiger partial charge on any atom is -0.294 e. The number of carbonyl (C=O) groups excluding carboxylic acids is 3. The third kappa shape index (κ3) is 2.75. The molecule has 0 saturated heterocycles. The van der Waals surface area contributed by atoms with Gasteiger partial charge in [-0.15, -0.1) is 0 Å². The first kappa shape index (κ1) is 15.8. The van der Waals surface area contributed by atoms with Crippen molar-refractivity contribution in [2.24, 2.45) is 0 Å². The fraction of sp³-hybridized carbons (Fsp3) is 0.211. The van der Waals surface area contributed by atoms with E-state index in [9.17, 15) is 14.4 Å². The van der Waals surface area contributed by atoms with E-state index in [-0.39, 0.29) is 5.78 Å². The molecule has 3 nitrogen and oxygen atoms in total. The Labute approximate surface area is 130 Å². The third-order valence-electron chi connectivity index (χ3n) is 3.90. The molecule has 0 radical (unpaired) electrons. The van der Waals surface area contributed by atoms with Crippen molar-refractivity contribution in [1.82, 2.24) is 0 Å². The van der Waals surface area contributed by atoms with Crippen LogP contribution in [0.1, 0.15) is 48.5 Å². The predicted molar refractivity (Wildman–Crippen MR) is 85.7 cm³/mol. The van der Waals surface area contributed by atoms with Crippen LogP contribution in [0, 0.1) is 27.7 Å². The van der Waals surface area contributed by atoms with Crippen molar-refractivity contribution in [3.05, 3.63) is 69.3 Å². The summed E-state index contributed by atoms with van der Waals surface area (Å²) in [5.41, 5.74) is 4.64. The molecule has 0 atom stereocenters. The van der Waals surface area contributed by atoms with Gasteiger partial charge in [0.05, 0.1) is 0 Å². The van der Waals surface area contributed by atoms with E-state index in [4.69, 9.17) is 0 Å². The smallest absolute Gasteiger partial charge is 0.225 e. The fourth-order valence-electron chi connectivity index (χ4n) is 2.74. The van der Waals surface area contributed by atoms with E-state index in [2.05, 4.69) is 0 Å². The van der Waals surface area contributed by atoms with Crippen LogP contribution in [0.2, 0.25) is 0 Å². The summed E-state index contributed by atoms with van der Waals surface area (Å²) in [6, 6.07) is 9.07. The number of aldehydes is 1. The maximum atomic E-state index is 12.8. The van der Waals surface area contributed by atoms with E-state index in [0.29, 0.717) is 34.1 Å². The van der Waals surface area contributed by atoms with Gasteiger partial charge in [-0.05, 0) is 44.4 Å². The van der Waals surface area contributed by atoms with Gasteiger partial charge in [-0.3, -0.25) is 14.4 Å². The molecule has 0 fully saturated rings. The number of hydrogen-bond donors (Lipinski definition) is 0. The standard InChI is InChI=1S/C19H18O3/c1-11-5-7-15(13(3)9-11)19(22)16-8-6-12(2)18(14(16)4)17(21)10-20/h5-10H,1-4H3. The van der Waals surface area contributed by atoms with Crippen LogP contribution in [0.5, 0.6) is 0 Å². The van der Waals surface area contributed by atoms with Crippen molar-refractivity contribution in [1.29, 1.82) is 0 Å². The average molecular weight is 294 g/mol. The molecule has 0 saturated carbocycles. The molecule has 0 spiro atoms. The maximum Gasteiger partial charge on any atom is 0.225 e. The normalized spacial score (nSPS) is 10.4. The molecule has 2 aromatic rings. The fourth-order valence-corrected chi connectivity index (χ4v) is 2.74. The molecule has 3 heteroatoms. The second-order valence-corrected chi connectivity index (χ2v) is 5.56. The summed E-state index contributed by atoms with van der Waals surface area (Å²) in [4.78, 5) is 35.4. The molecule has 0 aliphatic heterocycles. The monoisotopic (exact) mass is 294 g/mol. The largest absolute Gasteiger partial charge is 0.294 e. The molecule has 0 aliphatic rings. The van der Waals surface area contributed by atoms with Crippen LogP contribution >= 0.6 is 0 Å². The molecule has 0 aliphatic carbocycles.